The third-order valence-corrected chi connectivity index (χ3v) is 2.57. The SMILES string of the molecule is C/C=C/CCNC(C)c1cccnc1Cl. The summed E-state index contributed by atoms with van der Waals surface area (Å²) in [4.78, 5) is 4.06. The molecule has 3 heteroatoms. The van der Waals surface area contributed by atoms with E-state index in [-0.39, 0.29) is 6.04 Å². The van der Waals surface area contributed by atoms with Crippen molar-refractivity contribution >= 4 is 11.6 Å². The van der Waals surface area contributed by atoms with Gasteiger partial charge in [0.25, 0.3) is 0 Å². The van der Waals surface area contributed by atoms with Crippen molar-refractivity contribution in [2.45, 2.75) is 26.3 Å². The molecule has 0 aromatic carbocycles. The lowest BCUT2D eigenvalue weighted by Crippen LogP contribution is -2.19. The van der Waals surface area contributed by atoms with Crippen molar-refractivity contribution in [3.05, 3.63) is 41.2 Å². The molecule has 0 aliphatic carbocycles. The molecule has 2 nitrogen and oxygen atoms in total. The molecule has 0 radical (unpaired) electrons. The maximum atomic E-state index is 5.99. The van der Waals surface area contributed by atoms with Crippen molar-refractivity contribution in [3.63, 3.8) is 0 Å². The minimum Gasteiger partial charge on any atom is -0.310 e. The second kappa shape index (κ2) is 6.59. The topological polar surface area (TPSA) is 24.9 Å². The van der Waals surface area contributed by atoms with Crippen molar-refractivity contribution in [1.29, 1.82) is 0 Å². The van der Waals surface area contributed by atoms with E-state index in [1.54, 1.807) is 6.20 Å². The van der Waals surface area contributed by atoms with E-state index in [0.717, 1.165) is 18.5 Å². The van der Waals surface area contributed by atoms with E-state index >= 15 is 0 Å². The maximum Gasteiger partial charge on any atom is 0.133 e. The molecule has 15 heavy (non-hydrogen) atoms. The van der Waals surface area contributed by atoms with E-state index in [2.05, 4.69) is 29.4 Å². The van der Waals surface area contributed by atoms with E-state index in [9.17, 15) is 0 Å². The van der Waals surface area contributed by atoms with Gasteiger partial charge in [-0.25, -0.2) is 4.98 Å². The lowest BCUT2D eigenvalue weighted by Gasteiger charge is -2.14. The third-order valence-electron chi connectivity index (χ3n) is 2.25. The normalized spacial score (nSPS) is 13.3. The lowest BCUT2D eigenvalue weighted by atomic mass is 10.1. The molecule has 1 heterocycles. The lowest BCUT2D eigenvalue weighted by molar-refractivity contribution is 0.579. The average molecular weight is 225 g/mol. The van der Waals surface area contributed by atoms with Crippen LogP contribution in [0.15, 0.2) is 30.5 Å². The Morgan fingerprint density at radius 1 is 1.60 bits per heavy atom. The zero-order valence-corrected chi connectivity index (χ0v) is 9.96. The van der Waals surface area contributed by atoms with Crippen LogP contribution in [0.4, 0.5) is 0 Å². The minimum atomic E-state index is 0.247. The molecular weight excluding hydrogens is 208 g/mol. The van der Waals surface area contributed by atoms with Crippen LogP contribution < -0.4 is 5.32 Å². The van der Waals surface area contributed by atoms with Crippen LogP contribution in [-0.2, 0) is 0 Å². The molecule has 0 saturated heterocycles. The van der Waals surface area contributed by atoms with Crippen molar-refractivity contribution in [2.24, 2.45) is 0 Å². The predicted molar refractivity (Wildman–Crippen MR) is 65.1 cm³/mol. The average Bonchev–Trinajstić information content (AvgIpc) is 2.25. The summed E-state index contributed by atoms with van der Waals surface area (Å²) >= 11 is 5.99. The van der Waals surface area contributed by atoms with Gasteiger partial charge in [-0.2, -0.15) is 0 Å². The molecule has 0 fully saturated rings. The van der Waals surface area contributed by atoms with Crippen molar-refractivity contribution in [3.8, 4) is 0 Å². The van der Waals surface area contributed by atoms with E-state index in [0.29, 0.717) is 5.15 Å². The van der Waals surface area contributed by atoms with Gasteiger partial charge in [0.2, 0.25) is 0 Å². The van der Waals surface area contributed by atoms with Crippen LogP contribution in [-0.4, -0.2) is 11.5 Å². The van der Waals surface area contributed by atoms with Crippen LogP contribution in [0, 0.1) is 0 Å². The number of nitrogens with one attached hydrogen (secondary N) is 1. The summed E-state index contributed by atoms with van der Waals surface area (Å²) in [7, 11) is 0. The molecule has 0 amide bonds. The van der Waals surface area contributed by atoms with Gasteiger partial charge >= 0.3 is 0 Å². The van der Waals surface area contributed by atoms with Gasteiger partial charge in [-0.3, -0.25) is 0 Å². The maximum absolute atomic E-state index is 5.99. The van der Waals surface area contributed by atoms with Crippen LogP contribution in [0.5, 0.6) is 0 Å². The Kier molecular flexibility index (Phi) is 5.37. The van der Waals surface area contributed by atoms with E-state index in [1.165, 1.54) is 0 Å². The number of pyridine rings is 1. The number of aromatic nitrogens is 1. The Hall–Kier alpha value is -0.860. The van der Waals surface area contributed by atoms with Gasteiger partial charge in [0, 0.05) is 17.8 Å². The standard InChI is InChI=1S/C12H17ClN2/c1-3-4-5-8-14-10(2)11-7-6-9-15-12(11)13/h3-4,6-7,9-10,14H,5,8H2,1-2H3/b4-3+. The molecule has 1 N–H and O–H groups in total. The molecule has 0 saturated carbocycles. The number of nitrogens with zero attached hydrogens (tertiary/aromatic N) is 1. The molecule has 0 aliphatic heterocycles. The number of rotatable bonds is 5. The van der Waals surface area contributed by atoms with Gasteiger partial charge < -0.3 is 5.32 Å². The zero-order chi connectivity index (χ0) is 11.1. The quantitative estimate of drug-likeness (QED) is 0.471. The Bertz CT molecular complexity index is 323. The first kappa shape index (κ1) is 12.2. The summed E-state index contributed by atoms with van der Waals surface area (Å²) in [5.41, 5.74) is 1.06. The Balaban J connectivity index is 2.46. The van der Waals surface area contributed by atoms with Gasteiger partial charge in [0.15, 0.2) is 0 Å². The Morgan fingerprint density at radius 2 is 2.40 bits per heavy atom. The Labute approximate surface area is 96.4 Å². The highest BCUT2D eigenvalue weighted by Crippen LogP contribution is 2.19. The molecule has 1 unspecified atom stereocenters. The molecular formula is C12H17ClN2. The molecule has 0 bridgehead atoms. The first-order chi connectivity index (χ1) is 7.25. The molecule has 1 rings (SSSR count). The first-order valence-corrected chi connectivity index (χ1v) is 5.58. The van der Waals surface area contributed by atoms with E-state index in [4.69, 9.17) is 11.6 Å². The summed E-state index contributed by atoms with van der Waals surface area (Å²) in [6.45, 7) is 5.08. The first-order valence-electron chi connectivity index (χ1n) is 5.20. The van der Waals surface area contributed by atoms with Crippen LogP contribution >= 0.6 is 11.6 Å². The van der Waals surface area contributed by atoms with E-state index in [1.807, 2.05) is 19.1 Å². The highest BCUT2D eigenvalue weighted by atomic mass is 35.5. The fraction of sp³-hybridized carbons (Fsp3) is 0.417. The van der Waals surface area contributed by atoms with Gasteiger partial charge in [-0.15, -0.1) is 0 Å². The second-order valence-corrected chi connectivity index (χ2v) is 3.77. The predicted octanol–water partition coefficient (Wildman–Crippen LogP) is 3.35. The van der Waals surface area contributed by atoms with Crippen LogP contribution in [0.25, 0.3) is 0 Å². The van der Waals surface area contributed by atoms with Gasteiger partial charge in [0.05, 0.1) is 0 Å². The largest absolute Gasteiger partial charge is 0.310 e. The molecule has 1 aromatic heterocycles. The van der Waals surface area contributed by atoms with Gasteiger partial charge in [0.1, 0.15) is 5.15 Å². The fourth-order valence-corrected chi connectivity index (χ4v) is 1.66. The smallest absolute Gasteiger partial charge is 0.133 e. The number of allylic oxidation sites excluding steroid dienone is 1. The summed E-state index contributed by atoms with van der Waals surface area (Å²) in [6, 6.07) is 4.16. The molecule has 0 aliphatic rings. The summed E-state index contributed by atoms with van der Waals surface area (Å²) in [5.74, 6) is 0. The van der Waals surface area contributed by atoms with Gasteiger partial charge in [-0.05, 0) is 32.9 Å². The number of halogens is 1. The monoisotopic (exact) mass is 224 g/mol. The van der Waals surface area contributed by atoms with Crippen molar-refractivity contribution < 1.29 is 0 Å². The molecule has 1 aromatic rings. The number of hydrogen-bond donors (Lipinski definition) is 1. The fourth-order valence-electron chi connectivity index (χ4n) is 1.38. The zero-order valence-electron chi connectivity index (χ0n) is 9.20. The second-order valence-electron chi connectivity index (χ2n) is 3.42. The van der Waals surface area contributed by atoms with Crippen LogP contribution in [0.3, 0.4) is 0 Å². The van der Waals surface area contributed by atoms with E-state index < -0.39 is 0 Å². The van der Waals surface area contributed by atoms with Crippen molar-refractivity contribution in [1.82, 2.24) is 10.3 Å². The van der Waals surface area contributed by atoms with Crippen LogP contribution in [0.2, 0.25) is 5.15 Å². The third kappa shape index (κ3) is 4.02. The Morgan fingerprint density at radius 3 is 3.07 bits per heavy atom. The summed E-state index contributed by atoms with van der Waals surface area (Å²) < 4.78 is 0. The van der Waals surface area contributed by atoms with Gasteiger partial charge in [-0.1, -0.05) is 29.8 Å². The number of hydrogen-bond acceptors (Lipinski definition) is 2. The van der Waals surface area contributed by atoms with Crippen LogP contribution in [0.1, 0.15) is 31.9 Å². The molecule has 82 valence electrons. The summed E-state index contributed by atoms with van der Waals surface area (Å²) in [5, 5.41) is 3.99. The van der Waals surface area contributed by atoms with Crippen molar-refractivity contribution in [2.75, 3.05) is 6.54 Å². The minimum absolute atomic E-state index is 0.247. The summed E-state index contributed by atoms with van der Waals surface area (Å²) in [6.07, 6.45) is 6.95. The highest BCUT2D eigenvalue weighted by Gasteiger charge is 2.07. The highest BCUT2D eigenvalue weighted by molar-refractivity contribution is 6.30. The molecule has 0 spiro atoms. The molecule has 1 atom stereocenters.